The van der Waals surface area contributed by atoms with E-state index in [0.29, 0.717) is 12.1 Å². The fourth-order valence-corrected chi connectivity index (χ4v) is 3.22. The first-order valence-corrected chi connectivity index (χ1v) is 9.29. The summed E-state index contributed by atoms with van der Waals surface area (Å²) in [6, 6.07) is 4.52. The number of carbonyl (C=O) groups is 1. The van der Waals surface area contributed by atoms with Gasteiger partial charge in [-0.15, -0.1) is 0 Å². The van der Waals surface area contributed by atoms with Crippen molar-refractivity contribution in [3.8, 4) is 11.5 Å². The lowest BCUT2D eigenvalue weighted by Crippen LogP contribution is -2.36. The zero-order valence-electron chi connectivity index (χ0n) is 15.9. The van der Waals surface area contributed by atoms with E-state index in [1.165, 1.54) is 32.1 Å². The monoisotopic (exact) mass is 382 g/mol. The molecule has 150 valence electrons. The van der Waals surface area contributed by atoms with Gasteiger partial charge in [0.25, 0.3) is 0 Å². The molecule has 5 nitrogen and oxygen atoms in total. The van der Waals surface area contributed by atoms with Gasteiger partial charge in [0.1, 0.15) is 0 Å². The van der Waals surface area contributed by atoms with Crippen LogP contribution >= 0.6 is 0 Å². The minimum atomic E-state index is -2.92. The summed E-state index contributed by atoms with van der Waals surface area (Å²) < 4.78 is 34.1. The van der Waals surface area contributed by atoms with Crippen molar-refractivity contribution in [1.29, 1.82) is 0 Å². The highest BCUT2D eigenvalue weighted by atomic mass is 19.3. The summed E-state index contributed by atoms with van der Waals surface area (Å²) in [5, 5.41) is 2.86. The van der Waals surface area contributed by atoms with E-state index in [4.69, 9.17) is 4.74 Å². The molecule has 2 rings (SSSR count). The number of hydrogen-bond acceptors (Lipinski definition) is 4. The molecule has 0 saturated carbocycles. The smallest absolute Gasteiger partial charge is 0.387 e. The third kappa shape index (κ3) is 7.54. The van der Waals surface area contributed by atoms with Crippen LogP contribution in [0, 0.1) is 5.92 Å². The number of piperidine rings is 1. The number of ether oxygens (including phenoxy) is 2. The van der Waals surface area contributed by atoms with Crippen molar-refractivity contribution in [1.82, 2.24) is 10.2 Å². The van der Waals surface area contributed by atoms with E-state index in [0.717, 1.165) is 32.0 Å². The summed E-state index contributed by atoms with van der Waals surface area (Å²) in [5.74, 6) is 0.717. The molecule has 1 amide bonds. The Morgan fingerprint density at radius 1 is 1.41 bits per heavy atom. The number of methoxy groups -OCH3 is 1. The van der Waals surface area contributed by atoms with Gasteiger partial charge in [0, 0.05) is 19.2 Å². The van der Waals surface area contributed by atoms with Crippen molar-refractivity contribution in [3.05, 3.63) is 29.8 Å². The van der Waals surface area contributed by atoms with E-state index >= 15 is 0 Å². The molecule has 0 radical (unpaired) electrons. The lowest BCUT2D eigenvalue weighted by atomic mass is 10.0. The first-order chi connectivity index (χ1) is 13.0. The molecule has 1 aliphatic rings. The molecule has 1 aromatic carbocycles. The van der Waals surface area contributed by atoms with E-state index in [9.17, 15) is 13.6 Å². The van der Waals surface area contributed by atoms with Gasteiger partial charge in [-0.3, -0.25) is 4.79 Å². The molecule has 27 heavy (non-hydrogen) atoms. The molecule has 1 saturated heterocycles. The summed E-state index contributed by atoms with van der Waals surface area (Å²) in [6.07, 6.45) is 6.50. The van der Waals surface area contributed by atoms with Gasteiger partial charge in [0.2, 0.25) is 5.91 Å². The van der Waals surface area contributed by atoms with Gasteiger partial charge in [0.05, 0.1) is 7.11 Å². The van der Waals surface area contributed by atoms with Gasteiger partial charge in [-0.2, -0.15) is 8.78 Å². The van der Waals surface area contributed by atoms with Crippen molar-refractivity contribution in [2.24, 2.45) is 5.92 Å². The number of amides is 1. The Hall–Kier alpha value is -2.15. The number of alkyl halides is 2. The van der Waals surface area contributed by atoms with Crippen molar-refractivity contribution in [2.45, 2.75) is 32.8 Å². The predicted molar refractivity (Wildman–Crippen MR) is 101 cm³/mol. The Labute approximate surface area is 159 Å². The van der Waals surface area contributed by atoms with Gasteiger partial charge in [-0.05, 0) is 62.0 Å². The topological polar surface area (TPSA) is 50.8 Å². The van der Waals surface area contributed by atoms with Crippen LogP contribution in [-0.4, -0.2) is 50.7 Å². The van der Waals surface area contributed by atoms with Crippen molar-refractivity contribution in [2.75, 3.05) is 33.3 Å². The maximum atomic E-state index is 12.3. The van der Waals surface area contributed by atoms with E-state index in [1.807, 2.05) is 0 Å². The SMILES string of the molecule is COc1cc(/C=C/C(=O)NCCCN2CCCC(C)C2)ccc1OC(F)F. The molecule has 1 aromatic rings. The normalized spacial score (nSPS) is 18.0. The third-order valence-corrected chi connectivity index (χ3v) is 4.52. The van der Waals surface area contributed by atoms with Gasteiger partial charge >= 0.3 is 6.61 Å². The number of nitrogens with zero attached hydrogens (tertiary/aromatic N) is 1. The maximum Gasteiger partial charge on any atom is 0.387 e. The number of rotatable bonds is 9. The minimum absolute atomic E-state index is 0.0406. The molecule has 0 spiro atoms. The highest BCUT2D eigenvalue weighted by molar-refractivity contribution is 5.91. The Balaban J connectivity index is 1.75. The van der Waals surface area contributed by atoms with Crippen LogP contribution in [-0.2, 0) is 4.79 Å². The lowest BCUT2D eigenvalue weighted by molar-refractivity contribution is -0.116. The molecule has 0 aliphatic carbocycles. The lowest BCUT2D eigenvalue weighted by Gasteiger charge is -2.30. The summed E-state index contributed by atoms with van der Waals surface area (Å²) in [7, 11) is 1.37. The van der Waals surface area contributed by atoms with Crippen LogP contribution in [0.25, 0.3) is 6.08 Å². The summed E-state index contributed by atoms with van der Waals surface area (Å²) in [5.41, 5.74) is 0.658. The maximum absolute atomic E-state index is 12.3. The van der Waals surface area contributed by atoms with E-state index in [1.54, 1.807) is 18.2 Å². The molecule has 1 fully saturated rings. The van der Waals surface area contributed by atoms with Gasteiger partial charge < -0.3 is 19.7 Å². The van der Waals surface area contributed by atoms with Crippen molar-refractivity contribution < 1.29 is 23.0 Å². The molecule has 1 atom stereocenters. The second-order valence-corrected chi connectivity index (χ2v) is 6.81. The highest BCUT2D eigenvalue weighted by Crippen LogP contribution is 2.29. The van der Waals surface area contributed by atoms with Crippen LogP contribution in [0.15, 0.2) is 24.3 Å². The van der Waals surface area contributed by atoms with Crippen LogP contribution in [0.2, 0.25) is 0 Å². The van der Waals surface area contributed by atoms with Crippen molar-refractivity contribution in [3.63, 3.8) is 0 Å². The number of likely N-dealkylation sites (tertiary alicyclic amines) is 1. The van der Waals surface area contributed by atoms with Gasteiger partial charge in [-0.1, -0.05) is 13.0 Å². The molecule has 1 aliphatic heterocycles. The quantitative estimate of drug-likeness (QED) is 0.524. The van der Waals surface area contributed by atoms with Crippen molar-refractivity contribution >= 4 is 12.0 Å². The highest BCUT2D eigenvalue weighted by Gasteiger charge is 2.15. The number of hydrogen-bond donors (Lipinski definition) is 1. The Kier molecular flexibility index (Phi) is 8.51. The third-order valence-electron chi connectivity index (χ3n) is 4.52. The van der Waals surface area contributed by atoms with Crippen LogP contribution in [0.3, 0.4) is 0 Å². The average molecular weight is 382 g/mol. The predicted octanol–water partition coefficient (Wildman–Crippen LogP) is 3.55. The Bertz CT molecular complexity index is 638. The average Bonchev–Trinajstić information content (AvgIpc) is 2.64. The van der Waals surface area contributed by atoms with Crippen LogP contribution in [0.5, 0.6) is 11.5 Å². The first kappa shape index (κ1) is 21.2. The fraction of sp³-hybridized carbons (Fsp3) is 0.550. The second kappa shape index (κ2) is 10.9. The number of carbonyl (C=O) groups excluding carboxylic acids is 1. The Morgan fingerprint density at radius 2 is 2.22 bits per heavy atom. The Morgan fingerprint density at radius 3 is 2.93 bits per heavy atom. The zero-order valence-corrected chi connectivity index (χ0v) is 15.9. The molecule has 1 heterocycles. The van der Waals surface area contributed by atoms with Crippen LogP contribution in [0.1, 0.15) is 31.7 Å². The molecule has 1 unspecified atom stereocenters. The molecule has 7 heteroatoms. The summed E-state index contributed by atoms with van der Waals surface area (Å²) in [6.45, 7) is 3.26. The number of nitrogens with one attached hydrogen (secondary N) is 1. The summed E-state index contributed by atoms with van der Waals surface area (Å²) >= 11 is 0. The standard InChI is InChI=1S/C20H28F2N2O3/c1-15-5-3-11-24(14-15)12-4-10-23-19(25)9-7-16-6-8-17(27-20(21)22)18(13-16)26-2/h6-9,13,15,20H,3-5,10-12,14H2,1-2H3,(H,23,25)/b9-7+. The minimum Gasteiger partial charge on any atom is -0.493 e. The van der Waals surface area contributed by atoms with E-state index < -0.39 is 6.61 Å². The largest absolute Gasteiger partial charge is 0.493 e. The molecule has 0 bridgehead atoms. The van der Waals surface area contributed by atoms with E-state index in [2.05, 4.69) is 21.9 Å². The molecule has 1 N–H and O–H groups in total. The van der Waals surface area contributed by atoms with Gasteiger partial charge in [-0.25, -0.2) is 0 Å². The fourth-order valence-electron chi connectivity index (χ4n) is 3.22. The number of benzene rings is 1. The van der Waals surface area contributed by atoms with E-state index in [-0.39, 0.29) is 17.4 Å². The molecular weight excluding hydrogens is 354 g/mol. The van der Waals surface area contributed by atoms with Crippen LogP contribution < -0.4 is 14.8 Å². The summed E-state index contributed by atoms with van der Waals surface area (Å²) in [4.78, 5) is 14.4. The first-order valence-electron chi connectivity index (χ1n) is 9.29. The molecule has 0 aromatic heterocycles. The molecular formula is C20H28F2N2O3. The number of halogens is 2. The zero-order chi connectivity index (χ0) is 19.6. The van der Waals surface area contributed by atoms with Crippen LogP contribution in [0.4, 0.5) is 8.78 Å². The second-order valence-electron chi connectivity index (χ2n) is 6.81. The van der Waals surface area contributed by atoms with Gasteiger partial charge in [0.15, 0.2) is 11.5 Å².